The quantitative estimate of drug-likeness (QED) is 0.525. The largest absolute Gasteiger partial charge is 0.304 e. The van der Waals surface area contributed by atoms with E-state index in [1.165, 1.54) is 55.4 Å². The molecule has 1 aliphatic rings. The van der Waals surface area contributed by atoms with E-state index in [4.69, 9.17) is 0 Å². The van der Waals surface area contributed by atoms with Crippen molar-refractivity contribution in [3.63, 3.8) is 0 Å². The zero-order valence-corrected chi connectivity index (χ0v) is 9.84. The van der Waals surface area contributed by atoms with E-state index < -0.39 is 0 Å². The van der Waals surface area contributed by atoms with Gasteiger partial charge in [-0.2, -0.15) is 0 Å². The lowest BCUT2D eigenvalue weighted by Crippen LogP contribution is -2.44. The highest BCUT2D eigenvalue weighted by Crippen LogP contribution is 2.00. The molecule has 0 aromatic rings. The molecule has 0 atom stereocenters. The van der Waals surface area contributed by atoms with Gasteiger partial charge in [0.2, 0.25) is 0 Å². The minimum Gasteiger partial charge on any atom is -0.304 e. The van der Waals surface area contributed by atoms with Crippen molar-refractivity contribution in [3.8, 4) is 0 Å². The summed E-state index contributed by atoms with van der Waals surface area (Å²) in [6, 6.07) is 1.46. The van der Waals surface area contributed by atoms with Crippen LogP contribution in [-0.4, -0.2) is 59.8 Å². The number of piperazine rings is 1. The van der Waals surface area contributed by atoms with E-state index >= 15 is 0 Å². The van der Waals surface area contributed by atoms with Crippen LogP contribution in [0.5, 0.6) is 0 Å². The fourth-order valence-corrected chi connectivity index (χ4v) is 1.77. The molecule has 0 aromatic carbocycles. The first-order valence-corrected chi connectivity index (χ1v) is 6.15. The van der Waals surface area contributed by atoms with Crippen molar-refractivity contribution < 1.29 is 0 Å². The van der Waals surface area contributed by atoms with Crippen molar-refractivity contribution in [1.29, 1.82) is 0 Å². The Morgan fingerprint density at radius 2 is 1.82 bits per heavy atom. The Kier molecular flexibility index (Phi) is 4.11. The van der Waals surface area contributed by atoms with Crippen LogP contribution >= 0.6 is 0 Å². The summed E-state index contributed by atoms with van der Waals surface area (Å²) in [7, 11) is 3.59. The average Bonchev–Trinajstić information content (AvgIpc) is 2.04. The first-order chi connectivity index (χ1) is 5.33. The first kappa shape index (κ1) is 9.23. The molecule has 0 bridgehead atoms. The Bertz CT molecular complexity index is 97.5. The molecule has 1 rings (SSSR count). The third kappa shape index (κ3) is 3.36. The molecule has 0 saturated carbocycles. The van der Waals surface area contributed by atoms with Crippen molar-refractivity contribution >= 4 is 10.2 Å². The van der Waals surface area contributed by atoms with Gasteiger partial charge in [-0.1, -0.05) is 6.04 Å². The summed E-state index contributed by atoms with van der Waals surface area (Å²) in [5.74, 6) is 0. The van der Waals surface area contributed by atoms with Crippen molar-refractivity contribution in [2.75, 3.05) is 39.8 Å². The Balaban J connectivity index is 2.07. The van der Waals surface area contributed by atoms with Crippen LogP contribution in [-0.2, 0) is 0 Å². The van der Waals surface area contributed by atoms with E-state index in [2.05, 4.69) is 16.8 Å². The summed E-state index contributed by atoms with van der Waals surface area (Å²) >= 11 is 0. The zero-order chi connectivity index (χ0) is 8.10. The first-order valence-electron chi connectivity index (χ1n) is 4.74. The van der Waals surface area contributed by atoms with Gasteiger partial charge in [0.15, 0.2) is 0 Å². The summed E-state index contributed by atoms with van der Waals surface area (Å²) in [6.07, 6.45) is 1.43. The molecule has 0 aromatic heterocycles. The monoisotopic (exact) mass is 172 g/mol. The predicted molar refractivity (Wildman–Crippen MR) is 53.3 cm³/mol. The Hall–Kier alpha value is 0.137. The molecular formula is C8H20N2Si. The van der Waals surface area contributed by atoms with Gasteiger partial charge >= 0.3 is 0 Å². The molecule has 0 aliphatic carbocycles. The predicted octanol–water partition coefficient (Wildman–Crippen LogP) is -0.592. The van der Waals surface area contributed by atoms with Gasteiger partial charge in [-0.05, 0) is 20.0 Å². The van der Waals surface area contributed by atoms with Gasteiger partial charge in [-0.25, -0.2) is 0 Å². The van der Waals surface area contributed by atoms with Crippen LogP contribution in [0.15, 0.2) is 0 Å². The highest BCUT2D eigenvalue weighted by Gasteiger charge is 2.11. The van der Waals surface area contributed by atoms with E-state index in [1.54, 1.807) is 0 Å². The highest BCUT2D eigenvalue weighted by molar-refractivity contribution is 6.08. The van der Waals surface area contributed by atoms with Crippen molar-refractivity contribution in [1.82, 2.24) is 9.80 Å². The van der Waals surface area contributed by atoms with Crippen LogP contribution < -0.4 is 0 Å². The normalized spacial score (nSPS) is 22.6. The maximum atomic E-state index is 2.60. The van der Waals surface area contributed by atoms with Gasteiger partial charge < -0.3 is 9.80 Å². The van der Waals surface area contributed by atoms with Crippen molar-refractivity contribution in [3.05, 3.63) is 0 Å². The lowest BCUT2D eigenvalue weighted by atomic mass is 10.3. The highest BCUT2D eigenvalue weighted by atomic mass is 28.1. The van der Waals surface area contributed by atoms with Gasteiger partial charge in [0.1, 0.15) is 0 Å². The molecule has 0 amide bonds. The number of likely N-dealkylation sites (N-methyl/N-ethyl adjacent to an activating group) is 1. The minimum absolute atomic E-state index is 1.27. The fourth-order valence-electron chi connectivity index (χ4n) is 1.45. The van der Waals surface area contributed by atoms with Crippen molar-refractivity contribution in [2.24, 2.45) is 0 Å². The molecule has 0 spiro atoms. The van der Waals surface area contributed by atoms with E-state index in [-0.39, 0.29) is 0 Å². The molecule has 3 heteroatoms. The topological polar surface area (TPSA) is 6.48 Å². The second-order valence-electron chi connectivity index (χ2n) is 3.50. The SMILES string of the molecule is CN1CCN(CCC[SiH3])CC1. The third-order valence-corrected chi connectivity index (χ3v) is 3.13. The summed E-state index contributed by atoms with van der Waals surface area (Å²) < 4.78 is 0. The van der Waals surface area contributed by atoms with Crippen LogP contribution in [0.3, 0.4) is 0 Å². The Morgan fingerprint density at radius 3 is 2.36 bits per heavy atom. The Morgan fingerprint density at radius 1 is 1.18 bits per heavy atom. The maximum Gasteiger partial charge on any atom is 0.0110 e. The molecule has 0 unspecified atom stereocenters. The molecule has 2 nitrogen and oxygen atoms in total. The number of hydrogen-bond donors (Lipinski definition) is 0. The lowest BCUT2D eigenvalue weighted by molar-refractivity contribution is 0.154. The van der Waals surface area contributed by atoms with Crippen LogP contribution in [0.2, 0.25) is 6.04 Å². The standard InChI is InChI=1S/C8H20N2Si/c1-9-4-6-10(7-5-9)3-2-8-11/h2-8H2,1,11H3. The summed E-state index contributed by atoms with van der Waals surface area (Å²) in [4.78, 5) is 5.01. The number of nitrogens with zero attached hydrogens (tertiary/aromatic N) is 2. The molecule has 0 N–H and O–H groups in total. The van der Waals surface area contributed by atoms with Crippen molar-refractivity contribution in [2.45, 2.75) is 12.5 Å². The third-order valence-electron chi connectivity index (χ3n) is 2.42. The number of rotatable bonds is 3. The molecule has 11 heavy (non-hydrogen) atoms. The molecule has 1 fully saturated rings. The van der Waals surface area contributed by atoms with E-state index in [0.29, 0.717) is 0 Å². The zero-order valence-electron chi connectivity index (χ0n) is 7.84. The maximum absolute atomic E-state index is 2.60. The van der Waals surface area contributed by atoms with Gasteiger partial charge in [-0.3, -0.25) is 0 Å². The second kappa shape index (κ2) is 4.90. The summed E-state index contributed by atoms with van der Waals surface area (Å²) in [5.41, 5.74) is 0. The van der Waals surface area contributed by atoms with Crippen LogP contribution in [0.1, 0.15) is 6.42 Å². The second-order valence-corrected chi connectivity index (χ2v) is 4.50. The van der Waals surface area contributed by atoms with Crippen LogP contribution in [0, 0.1) is 0 Å². The van der Waals surface area contributed by atoms with E-state index in [0.717, 1.165) is 0 Å². The minimum atomic E-state index is 1.27. The molecule has 66 valence electrons. The lowest BCUT2D eigenvalue weighted by Gasteiger charge is -2.32. The van der Waals surface area contributed by atoms with E-state index in [1.807, 2.05) is 0 Å². The molecular weight excluding hydrogens is 152 g/mol. The molecule has 1 aliphatic heterocycles. The summed E-state index contributed by atoms with van der Waals surface area (Å²) in [5, 5.41) is 0. The number of hydrogen-bond acceptors (Lipinski definition) is 2. The van der Waals surface area contributed by atoms with E-state index in [9.17, 15) is 0 Å². The van der Waals surface area contributed by atoms with Gasteiger partial charge in [-0.15, -0.1) is 0 Å². The average molecular weight is 172 g/mol. The molecule has 1 saturated heterocycles. The summed E-state index contributed by atoms with van der Waals surface area (Å²) in [6.45, 7) is 6.45. The Labute approximate surface area is 73.0 Å². The van der Waals surface area contributed by atoms with Gasteiger partial charge in [0.25, 0.3) is 0 Å². The van der Waals surface area contributed by atoms with Crippen LogP contribution in [0.25, 0.3) is 0 Å². The smallest absolute Gasteiger partial charge is 0.0110 e. The molecule has 0 radical (unpaired) electrons. The van der Waals surface area contributed by atoms with Crippen LogP contribution in [0.4, 0.5) is 0 Å². The van der Waals surface area contributed by atoms with Gasteiger partial charge in [0, 0.05) is 36.4 Å². The van der Waals surface area contributed by atoms with Gasteiger partial charge in [0.05, 0.1) is 0 Å². The fraction of sp³-hybridized carbons (Fsp3) is 1.00. The molecule has 1 heterocycles.